The lowest BCUT2D eigenvalue weighted by Crippen LogP contribution is -2.42. The third kappa shape index (κ3) is 10.3. The molecule has 1 heterocycles. The fourth-order valence-electron chi connectivity index (χ4n) is 6.67. The Bertz CT molecular complexity index is 1980. The molecule has 5 aromatic rings. The van der Waals surface area contributed by atoms with E-state index >= 15 is 0 Å². The summed E-state index contributed by atoms with van der Waals surface area (Å²) in [7, 11) is 0. The Kier molecular flexibility index (Phi) is 13.1. The number of hydrogen-bond acceptors (Lipinski definition) is 7. The number of Topliss-reactive ketones (excluding diaryl/α,β-unsaturated/α-hetero) is 1. The van der Waals surface area contributed by atoms with Crippen molar-refractivity contribution in [3.05, 3.63) is 133 Å². The quantitative estimate of drug-likeness (QED) is 0.0651. The molecule has 0 radical (unpaired) electrons. The molecule has 0 spiro atoms. The van der Waals surface area contributed by atoms with Gasteiger partial charge in [0.25, 0.3) is 0 Å². The van der Waals surface area contributed by atoms with Gasteiger partial charge in [-0.3, -0.25) is 14.9 Å². The highest BCUT2D eigenvalue weighted by atomic mass is 16.6. The highest BCUT2D eigenvalue weighted by Gasteiger charge is 2.24. The van der Waals surface area contributed by atoms with Crippen LogP contribution >= 0.6 is 0 Å². The van der Waals surface area contributed by atoms with E-state index in [0.29, 0.717) is 30.0 Å². The first-order valence-electron chi connectivity index (χ1n) is 18.4. The lowest BCUT2D eigenvalue weighted by Gasteiger charge is -2.31. The molecule has 0 aromatic heterocycles. The molecule has 9 nitrogen and oxygen atoms in total. The summed E-state index contributed by atoms with van der Waals surface area (Å²) in [5, 5.41) is 12.2. The number of ether oxygens (including phenoxy) is 1. The van der Waals surface area contributed by atoms with Crippen LogP contribution in [0.1, 0.15) is 30.1 Å². The molecule has 0 unspecified atom stereocenters. The van der Waals surface area contributed by atoms with Crippen LogP contribution in [-0.2, 0) is 9.53 Å². The second kappa shape index (κ2) is 18.8. The summed E-state index contributed by atoms with van der Waals surface area (Å²) in [6, 6.07) is 41.8. The normalized spacial score (nSPS) is 13.3. The lowest BCUT2D eigenvalue weighted by molar-refractivity contribution is -0.115. The smallest absolute Gasteiger partial charge is 0.411 e. The summed E-state index contributed by atoms with van der Waals surface area (Å²) in [5.74, 6) is -0.181. The van der Waals surface area contributed by atoms with Gasteiger partial charge in [0.15, 0.2) is 5.78 Å². The van der Waals surface area contributed by atoms with Crippen molar-refractivity contribution in [3.63, 3.8) is 0 Å². The van der Waals surface area contributed by atoms with Gasteiger partial charge in [0.05, 0.1) is 18.8 Å². The zero-order chi connectivity index (χ0) is 36.8. The molecule has 0 aliphatic carbocycles. The van der Waals surface area contributed by atoms with Crippen molar-refractivity contribution < 1.29 is 19.1 Å². The number of piperidine rings is 1. The van der Waals surface area contributed by atoms with Gasteiger partial charge in [-0.05, 0) is 65.4 Å². The van der Waals surface area contributed by atoms with Crippen LogP contribution in [0.2, 0.25) is 0 Å². The number of rotatable bonds is 15. The number of nitrogens with zero attached hydrogens (tertiary/aromatic N) is 1. The van der Waals surface area contributed by atoms with Gasteiger partial charge >= 0.3 is 6.09 Å². The Morgan fingerprint density at radius 3 is 2.04 bits per heavy atom. The SMILES string of the molecule is CCNCC(=O)Nc1cccc(C(=O)CNCCN2CCC(OC(=O)Nc3cccc(-c4ccccc4)c3-c3ccccc3-c3ccccc3)CC2)c1. The van der Waals surface area contributed by atoms with Crippen LogP contribution in [0, 0.1) is 0 Å². The summed E-state index contributed by atoms with van der Waals surface area (Å²) >= 11 is 0. The van der Waals surface area contributed by atoms with Gasteiger partial charge in [-0.1, -0.05) is 116 Å². The molecule has 1 fully saturated rings. The van der Waals surface area contributed by atoms with Crippen LogP contribution in [0.15, 0.2) is 127 Å². The second-order valence-electron chi connectivity index (χ2n) is 13.1. The minimum atomic E-state index is -0.464. The van der Waals surface area contributed by atoms with Crippen molar-refractivity contribution in [3.8, 4) is 33.4 Å². The number of carbonyl (C=O) groups is 3. The molecular formula is C44H47N5O4. The average Bonchev–Trinajstić information content (AvgIpc) is 3.20. The maximum atomic E-state index is 13.4. The Balaban J connectivity index is 1.02. The Morgan fingerprint density at radius 2 is 1.32 bits per heavy atom. The van der Waals surface area contributed by atoms with Crippen molar-refractivity contribution in [2.45, 2.75) is 25.9 Å². The molecule has 4 N–H and O–H groups in total. The Morgan fingerprint density at radius 1 is 0.679 bits per heavy atom. The Labute approximate surface area is 311 Å². The van der Waals surface area contributed by atoms with Crippen LogP contribution < -0.4 is 21.3 Å². The predicted octanol–water partition coefficient (Wildman–Crippen LogP) is 7.72. The van der Waals surface area contributed by atoms with Crippen molar-refractivity contribution in [2.24, 2.45) is 0 Å². The first kappa shape index (κ1) is 37.2. The van der Waals surface area contributed by atoms with E-state index in [0.717, 1.165) is 65.9 Å². The number of likely N-dealkylation sites (N-methyl/N-ethyl adjacent to an activating group) is 1. The van der Waals surface area contributed by atoms with Crippen LogP contribution in [-0.4, -0.2) is 74.6 Å². The van der Waals surface area contributed by atoms with Crippen molar-refractivity contribution >= 4 is 29.2 Å². The highest BCUT2D eigenvalue weighted by molar-refractivity contribution is 6.02. The number of likely N-dealkylation sites (tertiary alicyclic amines) is 1. The van der Waals surface area contributed by atoms with E-state index in [9.17, 15) is 14.4 Å². The zero-order valence-corrected chi connectivity index (χ0v) is 30.1. The van der Waals surface area contributed by atoms with E-state index in [1.165, 1.54) is 0 Å². The highest BCUT2D eigenvalue weighted by Crippen LogP contribution is 2.42. The maximum absolute atomic E-state index is 13.4. The average molecular weight is 710 g/mol. The van der Waals surface area contributed by atoms with Crippen molar-refractivity contribution in [2.75, 3.05) is 56.4 Å². The number of anilines is 2. The summed E-state index contributed by atoms with van der Waals surface area (Å²) < 4.78 is 5.99. The van der Waals surface area contributed by atoms with Crippen molar-refractivity contribution in [1.29, 1.82) is 0 Å². The Hall–Kier alpha value is -5.61. The van der Waals surface area contributed by atoms with E-state index in [-0.39, 0.29) is 30.9 Å². The molecule has 1 aliphatic heterocycles. The fraction of sp³-hybridized carbons (Fsp3) is 0.250. The van der Waals surface area contributed by atoms with Gasteiger partial charge < -0.3 is 25.6 Å². The minimum Gasteiger partial charge on any atom is -0.446 e. The molecule has 0 saturated carbocycles. The maximum Gasteiger partial charge on any atom is 0.411 e. The number of amides is 2. The summed E-state index contributed by atoms with van der Waals surface area (Å²) in [6.45, 7) is 6.10. The standard InChI is InChI=1S/C44H47N5O4/c1-2-45-31-42(51)47-35-18-11-17-34(29-35)41(50)30-46-25-28-49-26-23-36(24-27-49)53-44(52)48-40-22-12-21-38(33-15-7-4-8-16-33)43(40)39-20-10-9-19-37(39)32-13-5-3-6-14-32/h3-22,29,36,45-46H,2,23-28,30-31H2,1H3,(H,47,51)(H,48,52). The molecule has 5 aromatic carbocycles. The first-order chi connectivity index (χ1) is 26.0. The third-order valence-corrected chi connectivity index (χ3v) is 9.37. The molecule has 53 heavy (non-hydrogen) atoms. The molecule has 0 atom stereocenters. The van der Waals surface area contributed by atoms with Gasteiger partial charge in [-0.25, -0.2) is 4.79 Å². The number of carbonyl (C=O) groups excluding carboxylic acids is 3. The number of benzene rings is 5. The monoisotopic (exact) mass is 709 g/mol. The molecule has 1 saturated heterocycles. The molecule has 6 rings (SSSR count). The topological polar surface area (TPSA) is 112 Å². The predicted molar refractivity (Wildman–Crippen MR) is 213 cm³/mol. The van der Waals surface area contributed by atoms with E-state index in [2.05, 4.69) is 68.6 Å². The van der Waals surface area contributed by atoms with Crippen molar-refractivity contribution in [1.82, 2.24) is 15.5 Å². The van der Waals surface area contributed by atoms with Gasteiger partial charge in [0, 0.05) is 43.0 Å². The van der Waals surface area contributed by atoms with Gasteiger partial charge in [0.1, 0.15) is 6.10 Å². The first-order valence-corrected chi connectivity index (χ1v) is 18.4. The minimum absolute atomic E-state index is 0.0353. The lowest BCUT2D eigenvalue weighted by atomic mass is 9.88. The van der Waals surface area contributed by atoms with E-state index in [1.807, 2.05) is 67.6 Å². The summed E-state index contributed by atoms with van der Waals surface area (Å²) in [6.07, 6.45) is 0.802. The molecule has 2 amide bonds. The van der Waals surface area contributed by atoms with Crippen LogP contribution in [0.3, 0.4) is 0 Å². The van der Waals surface area contributed by atoms with Gasteiger partial charge in [-0.2, -0.15) is 0 Å². The summed E-state index contributed by atoms with van der Waals surface area (Å²) in [4.78, 5) is 40.6. The number of ketones is 1. The van der Waals surface area contributed by atoms with E-state index < -0.39 is 6.09 Å². The molecule has 1 aliphatic rings. The molecule has 0 bridgehead atoms. The van der Waals surface area contributed by atoms with Gasteiger partial charge in [-0.15, -0.1) is 0 Å². The van der Waals surface area contributed by atoms with Crippen LogP contribution in [0.25, 0.3) is 33.4 Å². The number of hydrogen-bond donors (Lipinski definition) is 4. The second-order valence-corrected chi connectivity index (χ2v) is 13.1. The van der Waals surface area contributed by atoms with E-state index in [4.69, 9.17) is 4.74 Å². The van der Waals surface area contributed by atoms with Gasteiger partial charge in [0.2, 0.25) is 5.91 Å². The summed E-state index contributed by atoms with van der Waals surface area (Å²) in [5.41, 5.74) is 8.07. The largest absolute Gasteiger partial charge is 0.446 e. The zero-order valence-electron chi connectivity index (χ0n) is 30.1. The molecular weight excluding hydrogens is 663 g/mol. The van der Waals surface area contributed by atoms with Crippen LogP contribution in [0.5, 0.6) is 0 Å². The number of nitrogens with one attached hydrogen (secondary N) is 4. The molecule has 272 valence electrons. The van der Waals surface area contributed by atoms with Crippen LogP contribution in [0.4, 0.5) is 16.2 Å². The van der Waals surface area contributed by atoms with E-state index in [1.54, 1.807) is 24.3 Å². The fourth-order valence-corrected chi connectivity index (χ4v) is 6.67. The molecule has 9 heteroatoms. The third-order valence-electron chi connectivity index (χ3n) is 9.37.